The molecule has 1 aliphatic heterocycles. The van der Waals surface area contributed by atoms with Crippen molar-refractivity contribution in [2.24, 2.45) is 5.10 Å². The van der Waals surface area contributed by atoms with Gasteiger partial charge in [0.05, 0.1) is 7.05 Å². The lowest BCUT2D eigenvalue weighted by atomic mass is 9.92. The molecule has 2 rings (SSSR count). The number of hydroxylamine groups is 3. The van der Waals surface area contributed by atoms with Crippen LogP contribution in [0.25, 0.3) is 0 Å². The Morgan fingerprint density at radius 3 is 2.43 bits per heavy atom. The van der Waals surface area contributed by atoms with Gasteiger partial charge in [-0.3, -0.25) is 0 Å². The van der Waals surface area contributed by atoms with E-state index in [2.05, 4.69) is 9.84 Å². The van der Waals surface area contributed by atoms with Crippen LogP contribution in [0.2, 0.25) is 0 Å². The molecule has 1 aromatic rings. The Hall–Kier alpha value is -1.68. The lowest BCUT2D eigenvalue weighted by molar-refractivity contribution is -0.863. The zero-order chi connectivity index (χ0) is 15.9. The summed E-state index contributed by atoms with van der Waals surface area (Å²) >= 11 is 0. The maximum atomic E-state index is 12.1. The Labute approximate surface area is 118 Å². The van der Waals surface area contributed by atoms with Gasteiger partial charge >= 0.3 is 6.36 Å². The van der Waals surface area contributed by atoms with Crippen LogP contribution in [0.15, 0.2) is 29.4 Å². The van der Waals surface area contributed by atoms with Gasteiger partial charge in [-0.1, -0.05) is 5.10 Å². The second-order valence-electron chi connectivity index (χ2n) is 5.17. The summed E-state index contributed by atoms with van der Waals surface area (Å²) in [7, 11) is 1.31. The highest BCUT2D eigenvalue weighted by Gasteiger charge is 2.44. The van der Waals surface area contributed by atoms with Crippen LogP contribution in [-0.2, 0) is 0 Å². The van der Waals surface area contributed by atoms with Crippen LogP contribution in [0.3, 0.4) is 0 Å². The highest BCUT2D eigenvalue weighted by Crippen LogP contribution is 2.28. The first-order valence-corrected chi connectivity index (χ1v) is 5.99. The van der Waals surface area contributed by atoms with Crippen LogP contribution in [0.1, 0.15) is 12.5 Å². The third-order valence-corrected chi connectivity index (χ3v) is 3.05. The fourth-order valence-corrected chi connectivity index (χ4v) is 2.30. The van der Waals surface area contributed by atoms with Crippen LogP contribution in [0, 0.1) is 5.21 Å². The molecule has 0 bridgehead atoms. The Bertz CT molecular complexity index is 557. The molecule has 0 spiro atoms. The normalized spacial score (nSPS) is 29.4. The summed E-state index contributed by atoms with van der Waals surface area (Å²) in [6, 6.07) is 4.94. The monoisotopic (exact) mass is 305 g/mol. The predicted octanol–water partition coefficient (Wildman–Crippen LogP) is 1.98. The van der Waals surface area contributed by atoms with Crippen LogP contribution in [0.4, 0.5) is 13.2 Å². The van der Waals surface area contributed by atoms with Crippen molar-refractivity contribution in [1.29, 1.82) is 0 Å². The van der Waals surface area contributed by atoms with Crippen LogP contribution in [-0.4, -0.2) is 41.2 Å². The summed E-state index contributed by atoms with van der Waals surface area (Å²) in [4.78, 5) is 0. The molecule has 0 saturated heterocycles. The van der Waals surface area contributed by atoms with Crippen molar-refractivity contribution in [3.8, 4) is 5.75 Å². The number of hydrogen-bond donors (Lipinski definition) is 2. The second kappa shape index (κ2) is 4.95. The zero-order valence-corrected chi connectivity index (χ0v) is 11.3. The smallest absolute Gasteiger partial charge is 0.573 e. The fraction of sp³-hybridized carbons (Fsp3) is 0.417. The van der Waals surface area contributed by atoms with Crippen LogP contribution < -0.4 is 10.2 Å². The molecule has 2 N–H and O–H groups in total. The zero-order valence-electron chi connectivity index (χ0n) is 11.3. The molecule has 9 heteroatoms. The van der Waals surface area contributed by atoms with E-state index in [9.17, 15) is 23.6 Å². The fourth-order valence-electron chi connectivity index (χ4n) is 2.30. The lowest BCUT2D eigenvalue weighted by Crippen LogP contribution is -2.52. The molecule has 0 saturated carbocycles. The van der Waals surface area contributed by atoms with Gasteiger partial charge in [0.15, 0.2) is 0 Å². The van der Waals surface area contributed by atoms with E-state index >= 15 is 0 Å². The number of rotatable bonds is 3. The number of halogens is 3. The molecular formula is C12H14F3N3O3. The van der Waals surface area contributed by atoms with E-state index in [4.69, 9.17) is 0 Å². The van der Waals surface area contributed by atoms with E-state index < -0.39 is 16.7 Å². The lowest BCUT2D eigenvalue weighted by Gasteiger charge is -2.30. The maximum Gasteiger partial charge on any atom is 0.573 e. The van der Waals surface area contributed by atoms with Crippen molar-refractivity contribution < 1.29 is 27.9 Å². The summed E-state index contributed by atoms with van der Waals surface area (Å²) in [6.07, 6.45) is -4.77. The van der Waals surface area contributed by atoms with Crippen LogP contribution in [0.5, 0.6) is 5.75 Å². The molecular weight excluding hydrogens is 291 g/mol. The number of likely N-dealkylation sites (N-methyl/N-ethyl adjacent to an activating group) is 1. The SMILES string of the molecule is CC1(NO)C[N+](C)([O-])N=C1c1ccc(OC(F)(F)F)cc1. The van der Waals surface area contributed by atoms with Crippen molar-refractivity contribution in [1.82, 2.24) is 5.48 Å². The minimum atomic E-state index is -4.77. The van der Waals surface area contributed by atoms with E-state index in [0.29, 0.717) is 5.56 Å². The van der Waals surface area contributed by atoms with Crippen LogP contribution >= 0.6 is 0 Å². The Morgan fingerprint density at radius 1 is 1.38 bits per heavy atom. The van der Waals surface area contributed by atoms with Gasteiger partial charge in [0.2, 0.25) is 0 Å². The summed E-state index contributed by atoms with van der Waals surface area (Å²) in [6.45, 7) is 1.53. The van der Waals surface area contributed by atoms with Gasteiger partial charge in [-0.15, -0.1) is 13.2 Å². The topological polar surface area (TPSA) is 76.9 Å². The predicted molar refractivity (Wildman–Crippen MR) is 67.4 cm³/mol. The molecule has 1 aliphatic rings. The summed E-state index contributed by atoms with van der Waals surface area (Å²) in [5.74, 6) is -0.372. The average molecular weight is 305 g/mol. The summed E-state index contributed by atoms with van der Waals surface area (Å²) in [5.41, 5.74) is 1.65. The Balaban J connectivity index is 2.30. The Morgan fingerprint density at radius 2 is 1.95 bits per heavy atom. The van der Waals surface area contributed by atoms with Crippen molar-refractivity contribution in [2.75, 3.05) is 13.6 Å². The molecule has 0 fully saturated rings. The highest BCUT2D eigenvalue weighted by molar-refractivity contribution is 6.07. The molecule has 0 aliphatic carbocycles. The van der Waals surface area contributed by atoms with E-state index in [1.54, 1.807) is 6.92 Å². The van der Waals surface area contributed by atoms with E-state index in [0.717, 1.165) is 12.1 Å². The number of alkyl halides is 3. The minimum absolute atomic E-state index is 0.0420. The number of ether oxygens (including phenoxy) is 1. The quantitative estimate of drug-likeness (QED) is 0.508. The van der Waals surface area contributed by atoms with Crippen molar-refractivity contribution >= 4 is 5.71 Å². The first-order chi connectivity index (χ1) is 9.55. The standard InChI is InChI=1S/C12H14F3N3O3/c1-11(17-19)7-18(2,20)16-10(11)8-3-5-9(6-4-8)21-12(13,14)15/h3-6,17,19H,7H2,1-2H3. The first kappa shape index (κ1) is 15.7. The van der Waals surface area contributed by atoms with Gasteiger partial charge in [-0.05, 0) is 31.2 Å². The van der Waals surface area contributed by atoms with Gasteiger partial charge in [-0.25, -0.2) is 4.76 Å². The van der Waals surface area contributed by atoms with E-state index in [-0.39, 0.29) is 18.0 Å². The van der Waals surface area contributed by atoms with Crippen molar-refractivity contribution in [3.63, 3.8) is 0 Å². The number of hydrogen-bond acceptors (Lipinski definition) is 5. The molecule has 2 atom stereocenters. The minimum Gasteiger partial charge on any atom is -0.605 e. The van der Waals surface area contributed by atoms with Crippen molar-refractivity contribution in [3.05, 3.63) is 35.0 Å². The molecule has 1 heterocycles. The van der Waals surface area contributed by atoms with Crippen molar-refractivity contribution in [2.45, 2.75) is 18.8 Å². The third kappa shape index (κ3) is 3.50. The maximum absolute atomic E-state index is 12.1. The van der Waals surface area contributed by atoms with Gasteiger partial charge in [-0.2, -0.15) is 5.48 Å². The van der Waals surface area contributed by atoms with Gasteiger partial charge in [0, 0.05) is 5.56 Å². The second-order valence-corrected chi connectivity index (χ2v) is 5.17. The van der Waals surface area contributed by atoms with Gasteiger partial charge in [0.1, 0.15) is 23.5 Å². The Kier molecular flexibility index (Phi) is 3.70. The molecule has 1 aromatic carbocycles. The van der Waals surface area contributed by atoms with Gasteiger partial charge < -0.3 is 15.2 Å². The molecule has 2 unspecified atom stereocenters. The number of benzene rings is 1. The number of nitrogens with zero attached hydrogens (tertiary/aromatic N) is 2. The number of quaternary nitrogens is 1. The largest absolute Gasteiger partial charge is 0.605 e. The molecule has 0 aromatic heterocycles. The highest BCUT2D eigenvalue weighted by atomic mass is 19.4. The molecule has 0 amide bonds. The molecule has 6 nitrogen and oxygen atoms in total. The summed E-state index contributed by atoms with van der Waals surface area (Å²) in [5, 5.41) is 25.1. The van der Waals surface area contributed by atoms with E-state index in [1.165, 1.54) is 19.2 Å². The molecule has 21 heavy (non-hydrogen) atoms. The number of nitrogens with one attached hydrogen (secondary N) is 1. The third-order valence-electron chi connectivity index (χ3n) is 3.05. The molecule has 116 valence electrons. The molecule has 0 radical (unpaired) electrons. The first-order valence-electron chi connectivity index (χ1n) is 5.99. The summed E-state index contributed by atoms with van der Waals surface area (Å²) < 4.78 is 39.1. The van der Waals surface area contributed by atoms with Gasteiger partial charge in [0.25, 0.3) is 0 Å². The average Bonchev–Trinajstić information content (AvgIpc) is 2.59. The van der Waals surface area contributed by atoms with E-state index in [1.807, 2.05) is 5.48 Å².